The number of nitrogens with one attached hydrogen (secondary N) is 1. The monoisotopic (exact) mass is 388 g/mol. The van der Waals surface area contributed by atoms with Crippen LogP contribution in [0.2, 0.25) is 5.02 Å². The SMILES string of the molecule is Cc1cc(C)cc(C(=O)N2CCC[C@H](C(=O)Nc3ccc(F)cc3Cl)C2)c1. The highest BCUT2D eigenvalue weighted by Gasteiger charge is 2.29. The normalized spacial score (nSPS) is 16.9. The number of hydrogen-bond donors (Lipinski definition) is 1. The molecule has 4 nitrogen and oxygen atoms in total. The number of carbonyl (C=O) groups is 2. The third-order valence-corrected chi connectivity index (χ3v) is 5.05. The minimum absolute atomic E-state index is 0.0564. The van der Waals surface area contributed by atoms with Gasteiger partial charge < -0.3 is 10.2 Å². The van der Waals surface area contributed by atoms with E-state index in [-0.39, 0.29) is 22.8 Å². The van der Waals surface area contributed by atoms with Crippen LogP contribution in [0.15, 0.2) is 36.4 Å². The van der Waals surface area contributed by atoms with Crippen LogP contribution < -0.4 is 5.32 Å². The van der Waals surface area contributed by atoms with Gasteiger partial charge in [0.05, 0.1) is 16.6 Å². The van der Waals surface area contributed by atoms with Crippen LogP contribution in [-0.4, -0.2) is 29.8 Å². The minimum Gasteiger partial charge on any atom is -0.338 e. The molecule has 0 unspecified atom stereocenters. The van der Waals surface area contributed by atoms with Gasteiger partial charge in [0.15, 0.2) is 0 Å². The molecule has 1 atom stereocenters. The fraction of sp³-hybridized carbons (Fsp3) is 0.333. The van der Waals surface area contributed by atoms with Crippen molar-refractivity contribution in [1.29, 1.82) is 0 Å². The van der Waals surface area contributed by atoms with Crippen molar-refractivity contribution in [2.45, 2.75) is 26.7 Å². The van der Waals surface area contributed by atoms with E-state index in [1.807, 2.05) is 32.0 Å². The Morgan fingerprint density at radius 3 is 2.52 bits per heavy atom. The Labute approximate surface area is 163 Å². The van der Waals surface area contributed by atoms with Crippen molar-refractivity contribution >= 4 is 29.1 Å². The van der Waals surface area contributed by atoms with Gasteiger partial charge in [-0.05, 0) is 57.0 Å². The molecule has 0 radical (unpaired) electrons. The van der Waals surface area contributed by atoms with E-state index in [2.05, 4.69) is 5.32 Å². The summed E-state index contributed by atoms with van der Waals surface area (Å²) in [5.41, 5.74) is 3.10. The molecular formula is C21H22ClFN2O2. The Bertz CT molecular complexity index is 864. The summed E-state index contributed by atoms with van der Waals surface area (Å²) < 4.78 is 13.2. The van der Waals surface area contributed by atoms with E-state index in [0.717, 1.165) is 23.6 Å². The zero-order chi connectivity index (χ0) is 19.6. The number of benzene rings is 2. The van der Waals surface area contributed by atoms with Crippen molar-refractivity contribution < 1.29 is 14.0 Å². The molecule has 142 valence electrons. The molecule has 2 aromatic carbocycles. The Morgan fingerprint density at radius 2 is 1.85 bits per heavy atom. The third-order valence-electron chi connectivity index (χ3n) is 4.74. The van der Waals surface area contributed by atoms with E-state index in [1.54, 1.807) is 4.90 Å². The number of anilines is 1. The van der Waals surface area contributed by atoms with E-state index in [4.69, 9.17) is 11.6 Å². The highest BCUT2D eigenvalue weighted by Crippen LogP contribution is 2.25. The highest BCUT2D eigenvalue weighted by atomic mass is 35.5. The van der Waals surface area contributed by atoms with Crippen LogP contribution in [0.1, 0.15) is 34.3 Å². The van der Waals surface area contributed by atoms with Crippen molar-refractivity contribution in [3.63, 3.8) is 0 Å². The maximum atomic E-state index is 13.2. The summed E-state index contributed by atoms with van der Waals surface area (Å²) in [5, 5.41) is 2.90. The first-order chi connectivity index (χ1) is 12.8. The molecule has 27 heavy (non-hydrogen) atoms. The molecule has 1 fully saturated rings. The molecule has 3 rings (SSSR count). The molecular weight excluding hydrogens is 367 g/mol. The molecule has 2 amide bonds. The number of rotatable bonds is 3. The zero-order valence-corrected chi connectivity index (χ0v) is 16.1. The van der Waals surface area contributed by atoms with E-state index in [0.29, 0.717) is 30.8 Å². The fourth-order valence-electron chi connectivity index (χ4n) is 3.48. The maximum Gasteiger partial charge on any atom is 0.253 e. The van der Waals surface area contributed by atoms with Crippen LogP contribution in [-0.2, 0) is 4.79 Å². The van der Waals surface area contributed by atoms with Gasteiger partial charge in [-0.25, -0.2) is 4.39 Å². The summed E-state index contributed by atoms with van der Waals surface area (Å²) >= 11 is 5.98. The lowest BCUT2D eigenvalue weighted by Gasteiger charge is -2.32. The number of hydrogen-bond acceptors (Lipinski definition) is 2. The Kier molecular flexibility index (Phi) is 5.80. The molecule has 1 heterocycles. The smallest absolute Gasteiger partial charge is 0.253 e. The van der Waals surface area contributed by atoms with Crippen molar-refractivity contribution in [2.24, 2.45) is 5.92 Å². The van der Waals surface area contributed by atoms with Gasteiger partial charge in [-0.15, -0.1) is 0 Å². The second-order valence-corrected chi connectivity index (χ2v) is 7.49. The van der Waals surface area contributed by atoms with Gasteiger partial charge in [0.2, 0.25) is 5.91 Å². The first-order valence-electron chi connectivity index (χ1n) is 8.97. The molecule has 0 saturated carbocycles. The quantitative estimate of drug-likeness (QED) is 0.836. The highest BCUT2D eigenvalue weighted by molar-refractivity contribution is 6.33. The van der Waals surface area contributed by atoms with Gasteiger partial charge in [-0.1, -0.05) is 28.8 Å². The summed E-state index contributed by atoms with van der Waals surface area (Å²) in [7, 11) is 0. The average Bonchev–Trinajstić information content (AvgIpc) is 2.62. The summed E-state index contributed by atoms with van der Waals surface area (Å²) in [6.45, 7) is 4.91. The second kappa shape index (κ2) is 8.09. The van der Waals surface area contributed by atoms with Gasteiger partial charge in [-0.2, -0.15) is 0 Å². The maximum absolute atomic E-state index is 13.2. The van der Waals surface area contributed by atoms with Crippen molar-refractivity contribution in [3.8, 4) is 0 Å². The first kappa shape index (κ1) is 19.4. The van der Waals surface area contributed by atoms with E-state index in [9.17, 15) is 14.0 Å². The fourth-order valence-corrected chi connectivity index (χ4v) is 3.70. The molecule has 2 aromatic rings. The number of piperidine rings is 1. The molecule has 6 heteroatoms. The van der Waals surface area contributed by atoms with Crippen LogP contribution in [0.5, 0.6) is 0 Å². The van der Waals surface area contributed by atoms with Crippen molar-refractivity contribution in [3.05, 3.63) is 63.9 Å². The lowest BCUT2D eigenvalue weighted by atomic mass is 9.96. The third kappa shape index (κ3) is 4.66. The average molecular weight is 389 g/mol. The largest absolute Gasteiger partial charge is 0.338 e. The molecule has 0 spiro atoms. The molecule has 0 bridgehead atoms. The Morgan fingerprint density at radius 1 is 1.15 bits per heavy atom. The number of halogens is 2. The van der Waals surface area contributed by atoms with Gasteiger partial charge in [0.25, 0.3) is 5.91 Å². The molecule has 1 aliphatic heterocycles. The van der Waals surface area contributed by atoms with Crippen LogP contribution in [0.4, 0.5) is 10.1 Å². The van der Waals surface area contributed by atoms with E-state index < -0.39 is 5.82 Å². The van der Waals surface area contributed by atoms with Gasteiger partial charge >= 0.3 is 0 Å². The number of amides is 2. The predicted molar refractivity (Wildman–Crippen MR) is 105 cm³/mol. The first-order valence-corrected chi connectivity index (χ1v) is 9.35. The zero-order valence-electron chi connectivity index (χ0n) is 15.4. The number of likely N-dealkylation sites (tertiary alicyclic amines) is 1. The number of carbonyl (C=O) groups excluding carboxylic acids is 2. The van der Waals surface area contributed by atoms with Crippen LogP contribution >= 0.6 is 11.6 Å². The molecule has 0 aromatic heterocycles. The Hall–Kier alpha value is -2.40. The molecule has 1 aliphatic rings. The molecule has 1 N–H and O–H groups in total. The number of nitrogens with zero attached hydrogens (tertiary/aromatic N) is 1. The summed E-state index contributed by atoms with van der Waals surface area (Å²) in [4.78, 5) is 27.2. The van der Waals surface area contributed by atoms with E-state index in [1.165, 1.54) is 12.1 Å². The lowest BCUT2D eigenvalue weighted by molar-refractivity contribution is -0.121. The van der Waals surface area contributed by atoms with Crippen LogP contribution in [0.25, 0.3) is 0 Å². The lowest BCUT2D eigenvalue weighted by Crippen LogP contribution is -2.43. The predicted octanol–water partition coefficient (Wildman–Crippen LogP) is 4.59. The molecule has 0 aliphatic carbocycles. The standard InChI is InChI=1S/C21H22ClFN2O2/c1-13-8-14(2)10-16(9-13)21(27)25-7-3-4-15(12-25)20(26)24-19-6-5-17(23)11-18(19)22/h5-6,8-11,15H,3-4,7,12H2,1-2H3,(H,24,26)/t15-/m0/s1. The summed E-state index contributed by atoms with van der Waals surface area (Å²) in [5.74, 6) is -1.05. The minimum atomic E-state index is -0.458. The summed E-state index contributed by atoms with van der Waals surface area (Å²) in [6, 6.07) is 9.62. The van der Waals surface area contributed by atoms with Crippen molar-refractivity contribution in [1.82, 2.24) is 4.90 Å². The van der Waals surface area contributed by atoms with Crippen LogP contribution in [0, 0.1) is 25.6 Å². The van der Waals surface area contributed by atoms with Gasteiger partial charge in [0, 0.05) is 18.7 Å². The summed E-state index contributed by atoms with van der Waals surface area (Å²) in [6.07, 6.45) is 1.45. The number of aryl methyl sites for hydroxylation is 2. The van der Waals surface area contributed by atoms with Gasteiger partial charge in [0.1, 0.15) is 5.82 Å². The molecule has 1 saturated heterocycles. The van der Waals surface area contributed by atoms with Crippen LogP contribution in [0.3, 0.4) is 0 Å². The topological polar surface area (TPSA) is 49.4 Å². The van der Waals surface area contributed by atoms with Gasteiger partial charge in [-0.3, -0.25) is 9.59 Å². The van der Waals surface area contributed by atoms with Crippen molar-refractivity contribution in [2.75, 3.05) is 18.4 Å². The second-order valence-electron chi connectivity index (χ2n) is 7.08. The Balaban J connectivity index is 1.69. The van der Waals surface area contributed by atoms with E-state index >= 15 is 0 Å².